The fraction of sp³-hybridized carbons (Fsp3) is 0.368. The second-order valence-corrected chi connectivity index (χ2v) is 8.52. The van der Waals surface area contributed by atoms with Gasteiger partial charge in [0, 0.05) is 32.0 Å². The predicted molar refractivity (Wildman–Crippen MR) is 105 cm³/mol. The van der Waals surface area contributed by atoms with Crippen LogP contribution in [0.4, 0.5) is 5.69 Å². The highest BCUT2D eigenvalue weighted by atomic mass is 32.2. The van der Waals surface area contributed by atoms with Gasteiger partial charge in [-0.25, -0.2) is 13.2 Å². The van der Waals surface area contributed by atoms with E-state index in [2.05, 4.69) is 5.32 Å². The van der Waals surface area contributed by atoms with E-state index in [9.17, 15) is 18.0 Å². The number of nitrogens with one attached hydrogen (secondary N) is 1. The summed E-state index contributed by atoms with van der Waals surface area (Å²) in [4.78, 5) is 24.5. The summed E-state index contributed by atoms with van der Waals surface area (Å²) in [7, 11) is -1.90. The lowest BCUT2D eigenvalue weighted by atomic mass is 10.3. The van der Waals surface area contributed by atoms with Gasteiger partial charge in [0.2, 0.25) is 10.0 Å². The summed E-state index contributed by atoms with van der Waals surface area (Å²) in [6, 6.07) is 9.16. The number of hydrogen-bond donors (Lipinski definition) is 1. The van der Waals surface area contributed by atoms with Crippen molar-refractivity contribution in [2.24, 2.45) is 7.05 Å². The Kier molecular flexibility index (Phi) is 6.36. The van der Waals surface area contributed by atoms with Crippen LogP contribution in [0.1, 0.15) is 17.4 Å². The molecule has 0 unspecified atom stereocenters. The molecule has 1 fully saturated rings. The number of carbonyl (C=O) groups excluding carboxylic acids is 2. The van der Waals surface area contributed by atoms with Crippen molar-refractivity contribution in [3.63, 3.8) is 0 Å². The number of ether oxygens (including phenoxy) is 2. The smallest absolute Gasteiger partial charge is 0.355 e. The normalized spacial score (nSPS) is 16.2. The van der Waals surface area contributed by atoms with Crippen molar-refractivity contribution < 1.29 is 27.5 Å². The van der Waals surface area contributed by atoms with Gasteiger partial charge in [0.15, 0.2) is 6.10 Å². The Morgan fingerprint density at radius 1 is 1.14 bits per heavy atom. The molecule has 0 saturated carbocycles. The standard InChI is InChI=1S/C19H23N3O6S/c1-14(28-19(24)17-4-3-9-21(17)2)18(23)20-15-5-7-16(8-6-15)29(25,26)22-10-12-27-13-11-22/h3-9,14H,10-13H2,1-2H3,(H,20,23)/t14-/m1/s1. The summed E-state index contributed by atoms with van der Waals surface area (Å²) in [5.74, 6) is -1.12. The number of hydrogen-bond acceptors (Lipinski definition) is 6. The molecule has 1 N–H and O–H groups in total. The van der Waals surface area contributed by atoms with Gasteiger partial charge in [-0.05, 0) is 43.3 Å². The van der Waals surface area contributed by atoms with Gasteiger partial charge in [-0.15, -0.1) is 0 Å². The number of carbonyl (C=O) groups is 2. The molecule has 0 bridgehead atoms. The minimum atomic E-state index is -3.60. The van der Waals surface area contributed by atoms with Crippen LogP contribution in [0.25, 0.3) is 0 Å². The average molecular weight is 421 g/mol. The molecular weight excluding hydrogens is 398 g/mol. The number of morpholine rings is 1. The molecule has 2 heterocycles. The lowest BCUT2D eigenvalue weighted by Gasteiger charge is -2.26. The molecule has 2 aromatic rings. The third kappa shape index (κ3) is 4.84. The van der Waals surface area contributed by atoms with Crippen LogP contribution >= 0.6 is 0 Å². The molecule has 1 aromatic heterocycles. The molecule has 0 radical (unpaired) electrons. The minimum Gasteiger partial charge on any atom is -0.448 e. The number of anilines is 1. The largest absolute Gasteiger partial charge is 0.448 e. The predicted octanol–water partition coefficient (Wildman–Crippen LogP) is 1.23. The molecule has 1 aliphatic rings. The van der Waals surface area contributed by atoms with Crippen LogP contribution in [0, 0.1) is 0 Å². The maximum absolute atomic E-state index is 12.6. The summed E-state index contributed by atoms with van der Waals surface area (Å²) in [6.45, 7) is 2.82. The first-order valence-corrected chi connectivity index (χ1v) is 10.5. The lowest BCUT2D eigenvalue weighted by molar-refractivity contribution is -0.123. The molecule has 1 atom stereocenters. The van der Waals surface area contributed by atoms with Crippen LogP contribution in [-0.4, -0.2) is 61.6 Å². The van der Waals surface area contributed by atoms with Crippen LogP contribution in [0.5, 0.6) is 0 Å². The molecule has 3 rings (SSSR count). The molecule has 29 heavy (non-hydrogen) atoms. The number of amides is 1. The first-order chi connectivity index (χ1) is 13.8. The number of aromatic nitrogens is 1. The average Bonchev–Trinajstić information content (AvgIpc) is 3.15. The highest BCUT2D eigenvalue weighted by Crippen LogP contribution is 2.19. The quantitative estimate of drug-likeness (QED) is 0.703. The monoisotopic (exact) mass is 421 g/mol. The van der Waals surface area contributed by atoms with E-state index in [1.54, 1.807) is 29.9 Å². The first kappa shape index (κ1) is 21.0. The molecule has 10 heteroatoms. The fourth-order valence-electron chi connectivity index (χ4n) is 2.84. The van der Waals surface area contributed by atoms with E-state index in [0.717, 1.165) is 0 Å². The van der Waals surface area contributed by atoms with E-state index < -0.39 is 28.0 Å². The summed E-state index contributed by atoms with van der Waals surface area (Å²) >= 11 is 0. The van der Waals surface area contributed by atoms with Gasteiger partial charge in [-0.2, -0.15) is 4.31 Å². The van der Waals surface area contributed by atoms with Gasteiger partial charge in [0.25, 0.3) is 5.91 Å². The topological polar surface area (TPSA) is 107 Å². The van der Waals surface area contributed by atoms with Crippen molar-refractivity contribution in [2.75, 3.05) is 31.6 Å². The molecule has 0 spiro atoms. The molecule has 9 nitrogen and oxygen atoms in total. The zero-order valence-electron chi connectivity index (χ0n) is 16.2. The van der Waals surface area contributed by atoms with Gasteiger partial charge in [-0.3, -0.25) is 4.79 Å². The first-order valence-electron chi connectivity index (χ1n) is 9.10. The van der Waals surface area contributed by atoms with E-state index in [1.807, 2.05) is 0 Å². The molecular formula is C19H23N3O6S. The van der Waals surface area contributed by atoms with Gasteiger partial charge < -0.3 is 19.4 Å². The van der Waals surface area contributed by atoms with Crippen LogP contribution in [0.15, 0.2) is 47.5 Å². The second-order valence-electron chi connectivity index (χ2n) is 6.58. The van der Waals surface area contributed by atoms with E-state index in [1.165, 1.54) is 35.5 Å². The van der Waals surface area contributed by atoms with Gasteiger partial charge >= 0.3 is 5.97 Å². The number of rotatable bonds is 6. The number of nitrogens with zero attached hydrogens (tertiary/aromatic N) is 2. The molecule has 1 aliphatic heterocycles. The molecule has 1 aromatic carbocycles. The number of esters is 1. The lowest BCUT2D eigenvalue weighted by Crippen LogP contribution is -2.40. The zero-order chi connectivity index (χ0) is 21.0. The molecule has 0 aliphatic carbocycles. The van der Waals surface area contributed by atoms with Gasteiger partial charge in [-0.1, -0.05) is 0 Å². The van der Waals surface area contributed by atoms with Crippen molar-refractivity contribution in [3.8, 4) is 0 Å². The Hall–Kier alpha value is -2.69. The maximum atomic E-state index is 12.6. The van der Waals surface area contributed by atoms with Gasteiger partial charge in [0.1, 0.15) is 5.69 Å². The molecule has 1 amide bonds. The van der Waals surface area contributed by atoms with E-state index >= 15 is 0 Å². The highest BCUT2D eigenvalue weighted by molar-refractivity contribution is 7.89. The van der Waals surface area contributed by atoms with Crippen molar-refractivity contribution in [3.05, 3.63) is 48.3 Å². The minimum absolute atomic E-state index is 0.139. The summed E-state index contributed by atoms with van der Waals surface area (Å²) in [5, 5.41) is 2.61. The third-order valence-corrected chi connectivity index (χ3v) is 6.45. The molecule has 156 valence electrons. The fourth-order valence-corrected chi connectivity index (χ4v) is 4.25. The zero-order valence-corrected chi connectivity index (χ0v) is 17.0. The van der Waals surface area contributed by atoms with Crippen molar-refractivity contribution in [2.45, 2.75) is 17.9 Å². The number of benzene rings is 1. The number of aryl methyl sites for hydroxylation is 1. The Morgan fingerprint density at radius 2 is 1.79 bits per heavy atom. The van der Waals surface area contributed by atoms with E-state index in [0.29, 0.717) is 37.7 Å². The van der Waals surface area contributed by atoms with Crippen LogP contribution < -0.4 is 5.32 Å². The Labute approximate surface area is 169 Å². The Bertz CT molecular complexity index is 978. The van der Waals surface area contributed by atoms with E-state index in [4.69, 9.17) is 9.47 Å². The van der Waals surface area contributed by atoms with Crippen LogP contribution in [-0.2, 0) is 31.3 Å². The summed E-state index contributed by atoms with van der Waals surface area (Å²) in [5.41, 5.74) is 0.736. The molecule has 1 saturated heterocycles. The Morgan fingerprint density at radius 3 is 2.38 bits per heavy atom. The van der Waals surface area contributed by atoms with Crippen molar-refractivity contribution in [1.82, 2.24) is 8.87 Å². The van der Waals surface area contributed by atoms with E-state index in [-0.39, 0.29) is 4.90 Å². The van der Waals surface area contributed by atoms with Crippen molar-refractivity contribution >= 4 is 27.6 Å². The van der Waals surface area contributed by atoms with Gasteiger partial charge in [0.05, 0.1) is 18.1 Å². The maximum Gasteiger partial charge on any atom is 0.355 e. The highest BCUT2D eigenvalue weighted by Gasteiger charge is 2.26. The summed E-state index contributed by atoms with van der Waals surface area (Å²) in [6.07, 6.45) is 0.683. The number of sulfonamides is 1. The third-order valence-electron chi connectivity index (χ3n) is 4.54. The second kappa shape index (κ2) is 8.76. The SMILES string of the molecule is C[C@@H](OC(=O)c1cccn1C)C(=O)Nc1ccc(S(=O)(=O)N2CCOCC2)cc1. The Balaban J connectivity index is 1.61. The van der Waals surface area contributed by atoms with Crippen LogP contribution in [0.2, 0.25) is 0 Å². The van der Waals surface area contributed by atoms with Crippen molar-refractivity contribution in [1.29, 1.82) is 0 Å². The summed E-state index contributed by atoms with van der Waals surface area (Å²) < 4.78 is 38.6. The van der Waals surface area contributed by atoms with Crippen LogP contribution in [0.3, 0.4) is 0 Å².